The van der Waals surface area contributed by atoms with E-state index >= 15 is 0 Å². The molecule has 1 atom stereocenters. The molecule has 1 aliphatic heterocycles. The molecule has 3 aromatic rings. The minimum atomic E-state index is -4.37. The highest BCUT2D eigenvalue weighted by atomic mass is 32.2. The molecule has 0 aromatic heterocycles. The number of methoxy groups -OCH3 is 3. The molecule has 1 fully saturated rings. The first-order chi connectivity index (χ1) is 18.0. The second-order valence-corrected chi connectivity index (χ2v) is 10.7. The number of hydrogen-bond donors (Lipinski definition) is 0. The lowest BCUT2D eigenvalue weighted by molar-refractivity contribution is -0.384. The Kier molecular flexibility index (Phi) is 7.14. The normalized spacial score (nSPS) is 17.5. The summed E-state index contributed by atoms with van der Waals surface area (Å²) in [6.45, 7) is 3.67. The fourth-order valence-electron chi connectivity index (χ4n) is 4.52. The number of nitro benzene ring substituents is 1. The number of non-ortho nitro benzene ring substituents is 1. The van der Waals surface area contributed by atoms with E-state index in [9.17, 15) is 23.3 Å². The largest absolute Gasteiger partial charge is 0.496 e. The van der Waals surface area contributed by atoms with Gasteiger partial charge in [0.2, 0.25) is 9.84 Å². The smallest absolute Gasteiger partial charge is 0.271 e. The summed E-state index contributed by atoms with van der Waals surface area (Å²) >= 11 is 0. The molecule has 1 saturated heterocycles. The standard InChI is InChI=1S/C27H26N2O8S/c1-16-9-17(2)11-21(10-16)28-26(30)25(14-19-13-23(36-4)24(37-5)15-22(19)35-3)38(33,34)27(28)18-7-6-8-20(12-18)29(31)32/h6-15,27H,1-5H3/b25-14-/t27-/m0/s1. The van der Waals surface area contributed by atoms with Gasteiger partial charge in [0.15, 0.2) is 16.9 Å². The van der Waals surface area contributed by atoms with Crippen molar-refractivity contribution in [3.8, 4) is 17.2 Å². The van der Waals surface area contributed by atoms with Crippen molar-refractivity contribution >= 4 is 33.2 Å². The van der Waals surface area contributed by atoms with Crippen molar-refractivity contribution in [3.63, 3.8) is 0 Å². The molecule has 38 heavy (non-hydrogen) atoms. The van der Waals surface area contributed by atoms with Crippen molar-refractivity contribution in [1.82, 2.24) is 0 Å². The third kappa shape index (κ3) is 4.68. The predicted octanol–water partition coefficient (Wildman–Crippen LogP) is 4.74. The zero-order valence-corrected chi connectivity index (χ0v) is 22.2. The lowest BCUT2D eigenvalue weighted by Crippen LogP contribution is -2.29. The number of carbonyl (C=O) groups is 1. The molecule has 1 amide bonds. The minimum Gasteiger partial charge on any atom is -0.496 e. The lowest BCUT2D eigenvalue weighted by Gasteiger charge is -2.24. The van der Waals surface area contributed by atoms with Gasteiger partial charge in [-0.15, -0.1) is 0 Å². The van der Waals surface area contributed by atoms with Gasteiger partial charge >= 0.3 is 0 Å². The van der Waals surface area contributed by atoms with Crippen LogP contribution in [0.1, 0.15) is 27.6 Å². The molecule has 10 nitrogen and oxygen atoms in total. The summed E-state index contributed by atoms with van der Waals surface area (Å²) < 4.78 is 44.1. The van der Waals surface area contributed by atoms with Gasteiger partial charge in [-0.1, -0.05) is 18.2 Å². The van der Waals surface area contributed by atoms with Gasteiger partial charge in [0.1, 0.15) is 10.7 Å². The maximum atomic E-state index is 14.0. The highest BCUT2D eigenvalue weighted by Crippen LogP contribution is 2.45. The van der Waals surface area contributed by atoms with Crippen LogP contribution in [0.2, 0.25) is 0 Å². The number of hydrogen-bond acceptors (Lipinski definition) is 8. The van der Waals surface area contributed by atoms with Gasteiger partial charge in [-0.3, -0.25) is 19.8 Å². The number of nitrogens with zero attached hydrogens (tertiary/aromatic N) is 2. The van der Waals surface area contributed by atoms with Crippen molar-refractivity contribution in [3.05, 3.63) is 91.9 Å². The molecule has 4 rings (SSSR count). The van der Waals surface area contributed by atoms with Gasteiger partial charge in [-0.25, -0.2) is 8.42 Å². The Morgan fingerprint density at radius 1 is 0.895 bits per heavy atom. The van der Waals surface area contributed by atoms with Crippen molar-refractivity contribution in [2.24, 2.45) is 0 Å². The maximum Gasteiger partial charge on any atom is 0.271 e. The number of rotatable bonds is 7. The summed E-state index contributed by atoms with van der Waals surface area (Å²) in [4.78, 5) is 25.4. The van der Waals surface area contributed by atoms with Crippen LogP contribution >= 0.6 is 0 Å². The molecule has 0 radical (unpaired) electrons. The summed E-state index contributed by atoms with van der Waals surface area (Å²) in [5.41, 5.74) is 2.08. The fourth-order valence-corrected chi connectivity index (χ4v) is 6.39. The van der Waals surface area contributed by atoms with E-state index in [1.807, 2.05) is 19.9 Å². The second kappa shape index (κ2) is 10.2. The number of anilines is 1. The van der Waals surface area contributed by atoms with Gasteiger partial charge in [-0.05, 0) is 54.8 Å². The minimum absolute atomic E-state index is 0.0920. The summed E-state index contributed by atoms with van der Waals surface area (Å²) in [6, 6.07) is 13.6. The SMILES string of the molecule is COc1cc(OC)c(OC)cc1/C=C1/C(=O)N(c2cc(C)cc(C)c2)[C@H](c2cccc([N+](=O)[O-])c2)S1(=O)=O. The van der Waals surface area contributed by atoms with E-state index < -0.39 is 30.9 Å². The molecule has 3 aromatic carbocycles. The van der Waals surface area contributed by atoms with Crippen LogP contribution in [0.25, 0.3) is 6.08 Å². The summed E-state index contributed by atoms with van der Waals surface area (Å²) in [5, 5.41) is 9.93. The summed E-state index contributed by atoms with van der Waals surface area (Å²) in [5.74, 6) is 0.154. The molecule has 0 aliphatic carbocycles. The van der Waals surface area contributed by atoms with Crippen LogP contribution in [0, 0.1) is 24.0 Å². The topological polar surface area (TPSA) is 125 Å². The number of nitro groups is 1. The van der Waals surface area contributed by atoms with E-state index in [1.165, 1.54) is 63.8 Å². The Labute approximate surface area is 220 Å². The average molecular weight is 539 g/mol. The van der Waals surface area contributed by atoms with Crippen molar-refractivity contribution in [2.45, 2.75) is 19.2 Å². The van der Waals surface area contributed by atoms with Crippen molar-refractivity contribution in [2.75, 3.05) is 26.2 Å². The Bertz CT molecular complexity index is 1560. The number of sulfone groups is 1. The third-order valence-electron chi connectivity index (χ3n) is 6.14. The molecule has 198 valence electrons. The number of ether oxygens (including phenoxy) is 3. The molecular formula is C27H26N2O8S. The number of amides is 1. The molecule has 0 N–H and O–H groups in total. The van der Waals surface area contributed by atoms with Gasteiger partial charge in [-0.2, -0.15) is 0 Å². The number of benzene rings is 3. The lowest BCUT2D eigenvalue weighted by atomic mass is 10.1. The zero-order chi connectivity index (χ0) is 27.8. The third-order valence-corrected chi connectivity index (χ3v) is 8.11. The van der Waals surface area contributed by atoms with E-state index in [0.29, 0.717) is 17.2 Å². The van der Waals surface area contributed by atoms with Crippen LogP contribution in [-0.2, 0) is 14.6 Å². The Hall–Kier alpha value is -4.38. The molecule has 11 heteroatoms. The first kappa shape index (κ1) is 26.7. The van der Waals surface area contributed by atoms with Gasteiger partial charge in [0, 0.05) is 29.4 Å². The van der Waals surface area contributed by atoms with E-state index in [1.54, 1.807) is 12.1 Å². The molecule has 1 heterocycles. The van der Waals surface area contributed by atoms with Crippen LogP contribution < -0.4 is 19.1 Å². The van der Waals surface area contributed by atoms with E-state index in [0.717, 1.165) is 16.0 Å². The van der Waals surface area contributed by atoms with Crippen LogP contribution in [0.5, 0.6) is 17.2 Å². The Morgan fingerprint density at radius 2 is 1.50 bits per heavy atom. The van der Waals surface area contributed by atoms with Gasteiger partial charge < -0.3 is 14.2 Å². The monoisotopic (exact) mass is 538 g/mol. The zero-order valence-electron chi connectivity index (χ0n) is 21.4. The molecule has 1 aliphatic rings. The summed E-state index contributed by atoms with van der Waals surface area (Å²) in [7, 11) is -0.0825. The average Bonchev–Trinajstić information content (AvgIpc) is 3.08. The number of aryl methyl sites for hydroxylation is 2. The van der Waals surface area contributed by atoms with Crippen LogP contribution in [0.3, 0.4) is 0 Å². The predicted molar refractivity (Wildman–Crippen MR) is 142 cm³/mol. The molecule has 0 saturated carbocycles. The maximum absolute atomic E-state index is 14.0. The first-order valence-corrected chi connectivity index (χ1v) is 13.0. The van der Waals surface area contributed by atoms with Gasteiger partial charge in [0.05, 0.1) is 26.3 Å². The Morgan fingerprint density at radius 3 is 2.08 bits per heavy atom. The Balaban J connectivity index is 1.99. The second-order valence-electron chi connectivity index (χ2n) is 8.73. The van der Waals surface area contributed by atoms with Crippen LogP contribution in [-0.4, -0.2) is 40.6 Å². The molecule has 0 unspecified atom stereocenters. The highest BCUT2D eigenvalue weighted by molar-refractivity contribution is 7.97. The first-order valence-electron chi connectivity index (χ1n) is 11.4. The number of carbonyl (C=O) groups excluding carboxylic acids is 1. The highest BCUT2D eigenvalue weighted by Gasteiger charge is 2.50. The molecule has 0 spiro atoms. The summed E-state index contributed by atoms with van der Waals surface area (Å²) in [6.07, 6.45) is 1.23. The fraction of sp³-hybridized carbons (Fsp3) is 0.222. The van der Waals surface area contributed by atoms with Crippen molar-refractivity contribution < 1.29 is 32.3 Å². The van der Waals surface area contributed by atoms with Crippen LogP contribution in [0.15, 0.2) is 59.5 Å². The van der Waals surface area contributed by atoms with Crippen LogP contribution in [0.4, 0.5) is 11.4 Å². The van der Waals surface area contributed by atoms with Gasteiger partial charge in [0.25, 0.3) is 11.6 Å². The molecular weight excluding hydrogens is 512 g/mol. The van der Waals surface area contributed by atoms with E-state index in [4.69, 9.17) is 14.2 Å². The molecule has 0 bridgehead atoms. The van der Waals surface area contributed by atoms with Crippen molar-refractivity contribution in [1.29, 1.82) is 0 Å². The quantitative estimate of drug-likeness (QED) is 0.240. The van der Waals surface area contributed by atoms with E-state index in [-0.39, 0.29) is 22.6 Å². The van der Waals surface area contributed by atoms with E-state index in [2.05, 4.69) is 0 Å².